The number of benzene rings is 1. The van der Waals surface area contributed by atoms with E-state index in [-0.39, 0.29) is 5.54 Å². The van der Waals surface area contributed by atoms with Gasteiger partial charge in [-0.25, -0.2) is 0 Å². The highest BCUT2D eigenvalue weighted by molar-refractivity contribution is 5.93. The van der Waals surface area contributed by atoms with Gasteiger partial charge >= 0.3 is 0 Å². The van der Waals surface area contributed by atoms with Crippen LogP contribution in [0.2, 0.25) is 0 Å². The van der Waals surface area contributed by atoms with Crippen LogP contribution in [0.4, 0.5) is 5.69 Å². The molecule has 0 saturated heterocycles. The SMILES string of the molecule is CC(C)(C)NCCNc1ccc(C(N)=O)cc1. The first-order valence-corrected chi connectivity index (χ1v) is 5.77. The number of hydrogen-bond donors (Lipinski definition) is 3. The molecule has 0 aliphatic rings. The van der Waals surface area contributed by atoms with Crippen LogP contribution in [-0.4, -0.2) is 24.5 Å². The maximum atomic E-state index is 10.9. The van der Waals surface area contributed by atoms with E-state index in [1.54, 1.807) is 12.1 Å². The number of amides is 1. The Morgan fingerprint density at radius 1 is 1.18 bits per heavy atom. The van der Waals surface area contributed by atoms with Crippen molar-refractivity contribution >= 4 is 11.6 Å². The van der Waals surface area contributed by atoms with Gasteiger partial charge in [-0.05, 0) is 45.0 Å². The number of carbonyl (C=O) groups excluding carboxylic acids is 1. The molecule has 0 heterocycles. The van der Waals surface area contributed by atoms with E-state index in [0.717, 1.165) is 18.8 Å². The third-order valence-corrected chi connectivity index (χ3v) is 2.28. The van der Waals surface area contributed by atoms with Gasteiger partial charge in [-0.1, -0.05) is 0 Å². The van der Waals surface area contributed by atoms with Crippen molar-refractivity contribution in [2.45, 2.75) is 26.3 Å². The minimum absolute atomic E-state index is 0.136. The van der Waals surface area contributed by atoms with Gasteiger partial charge in [0.05, 0.1) is 0 Å². The number of rotatable bonds is 5. The maximum Gasteiger partial charge on any atom is 0.248 e. The standard InChI is InChI=1S/C13H21N3O/c1-13(2,3)16-9-8-15-11-6-4-10(5-7-11)12(14)17/h4-7,15-16H,8-9H2,1-3H3,(H2,14,17). The van der Waals surface area contributed by atoms with E-state index in [0.29, 0.717) is 5.56 Å². The smallest absolute Gasteiger partial charge is 0.248 e. The fourth-order valence-electron chi connectivity index (χ4n) is 1.40. The number of nitrogens with one attached hydrogen (secondary N) is 2. The van der Waals surface area contributed by atoms with Crippen LogP contribution in [0.25, 0.3) is 0 Å². The van der Waals surface area contributed by atoms with Crippen LogP contribution >= 0.6 is 0 Å². The molecule has 0 atom stereocenters. The van der Waals surface area contributed by atoms with Gasteiger partial charge in [0.25, 0.3) is 0 Å². The minimum Gasteiger partial charge on any atom is -0.384 e. The summed E-state index contributed by atoms with van der Waals surface area (Å²) in [5.74, 6) is -0.397. The van der Waals surface area contributed by atoms with Crippen LogP contribution in [0.5, 0.6) is 0 Å². The summed E-state index contributed by atoms with van der Waals surface area (Å²) < 4.78 is 0. The molecule has 4 heteroatoms. The summed E-state index contributed by atoms with van der Waals surface area (Å²) in [6.45, 7) is 8.13. The lowest BCUT2D eigenvalue weighted by atomic mass is 10.1. The molecule has 0 saturated carbocycles. The topological polar surface area (TPSA) is 67.2 Å². The molecule has 1 aromatic rings. The maximum absolute atomic E-state index is 10.9. The molecule has 94 valence electrons. The molecule has 0 spiro atoms. The summed E-state index contributed by atoms with van der Waals surface area (Å²) in [5, 5.41) is 6.65. The highest BCUT2D eigenvalue weighted by atomic mass is 16.1. The van der Waals surface area contributed by atoms with Crippen molar-refractivity contribution in [1.29, 1.82) is 0 Å². The van der Waals surface area contributed by atoms with Crippen molar-refractivity contribution in [2.24, 2.45) is 5.73 Å². The van der Waals surface area contributed by atoms with Gasteiger partial charge in [0.15, 0.2) is 0 Å². The minimum atomic E-state index is -0.397. The second-order valence-electron chi connectivity index (χ2n) is 5.05. The van der Waals surface area contributed by atoms with E-state index >= 15 is 0 Å². The van der Waals surface area contributed by atoms with Crippen LogP contribution in [0.15, 0.2) is 24.3 Å². The first-order chi connectivity index (χ1) is 7.88. The molecule has 17 heavy (non-hydrogen) atoms. The van der Waals surface area contributed by atoms with E-state index < -0.39 is 5.91 Å². The van der Waals surface area contributed by atoms with Crippen LogP contribution < -0.4 is 16.4 Å². The summed E-state index contributed by atoms with van der Waals surface area (Å²) in [7, 11) is 0. The van der Waals surface area contributed by atoms with Crippen molar-refractivity contribution in [3.63, 3.8) is 0 Å². The Kier molecular flexibility index (Phi) is 4.52. The number of nitrogens with two attached hydrogens (primary N) is 1. The zero-order valence-electron chi connectivity index (χ0n) is 10.7. The molecule has 0 aliphatic carbocycles. The van der Waals surface area contributed by atoms with Crippen LogP contribution in [0.1, 0.15) is 31.1 Å². The fourth-order valence-corrected chi connectivity index (χ4v) is 1.40. The van der Waals surface area contributed by atoms with Gasteiger partial charge in [-0.3, -0.25) is 4.79 Å². The first-order valence-electron chi connectivity index (χ1n) is 5.77. The van der Waals surface area contributed by atoms with Crippen molar-refractivity contribution in [2.75, 3.05) is 18.4 Å². The Hall–Kier alpha value is -1.55. The van der Waals surface area contributed by atoms with E-state index in [1.807, 2.05) is 12.1 Å². The van der Waals surface area contributed by atoms with Gasteiger partial charge in [0.2, 0.25) is 5.91 Å². The number of hydrogen-bond acceptors (Lipinski definition) is 3. The summed E-state index contributed by atoms with van der Waals surface area (Å²) in [4.78, 5) is 10.9. The molecule has 4 nitrogen and oxygen atoms in total. The molecule has 1 amide bonds. The average Bonchev–Trinajstić information content (AvgIpc) is 2.24. The van der Waals surface area contributed by atoms with Crippen LogP contribution in [0, 0.1) is 0 Å². The second-order valence-corrected chi connectivity index (χ2v) is 5.05. The summed E-state index contributed by atoms with van der Waals surface area (Å²) in [6.07, 6.45) is 0. The Morgan fingerprint density at radius 3 is 2.24 bits per heavy atom. The summed E-state index contributed by atoms with van der Waals surface area (Å²) in [5.41, 5.74) is 6.82. The third kappa shape index (κ3) is 5.36. The molecular weight excluding hydrogens is 214 g/mol. The Morgan fingerprint density at radius 2 is 1.76 bits per heavy atom. The third-order valence-electron chi connectivity index (χ3n) is 2.28. The van der Waals surface area contributed by atoms with Crippen LogP contribution in [-0.2, 0) is 0 Å². The van der Waals surface area contributed by atoms with E-state index in [4.69, 9.17) is 5.73 Å². The van der Waals surface area contributed by atoms with Crippen molar-refractivity contribution < 1.29 is 4.79 Å². The highest BCUT2D eigenvalue weighted by Gasteiger charge is 2.06. The highest BCUT2D eigenvalue weighted by Crippen LogP contribution is 2.08. The Balaban J connectivity index is 2.35. The molecule has 4 N–H and O–H groups in total. The van der Waals surface area contributed by atoms with Crippen molar-refractivity contribution in [3.05, 3.63) is 29.8 Å². The van der Waals surface area contributed by atoms with Gasteiger partial charge < -0.3 is 16.4 Å². The molecule has 0 unspecified atom stereocenters. The first kappa shape index (κ1) is 13.5. The molecule has 0 fully saturated rings. The van der Waals surface area contributed by atoms with Gasteiger partial charge in [0, 0.05) is 29.9 Å². The summed E-state index contributed by atoms with van der Waals surface area (Å²) in [6, 6.07) is 7.16. The van der Waals surface area contributed by atoms with Gasteiger partial charge in [0.1, 0.15) is 0 Å². The predicted octanol–water partition coefficient (Wildman–Crippen LogP) is 1.59. The summed E-state index contributed by atoms with van der Waals surface area (Å²) >= 11 is 0. The Labute approximate surface area is 103 Å². The number of primary amides is 1. The zero-order valence-corrected chi connectivity index (χ0v) is 10.7. The van der Waals surface area contributed by atoms with Gasteiger partial charge in [-0.15, -0.1) is 0 Å². The number of anilines is 1. The second kappa shape index (κ2) is 5.68. The van der Waals surface area contributed by atoms with Gasteiger partial charge in [-0.2, -0.15) is 0 Å². The Bertz CT molecular complexity index is 365. The van der Waals surface area contributed by atoms with Crippen LogP contribution in [0.3, 0.4) is 0 Å². The monoisotopic (exact) mass is 235 g/mol. The van der Waals surface area contributed by atoms with Crippen molar-refractivity contribution in [1.82, 2.24) is 5.32 Å². The average molecular weight is 235 g/mol. The molecule has 1 aromatic carbocycles. The quantitative estimate of drug-likeness (QED) is 0.679. The molecular formula is C13H21N3O. The molecule has 0 aromatic heterocycles. The molecule has 0 aliphatic heterocycles. The lowest BCUT2D eigenvalue weighted by Crippen LogP contribution is -2.38. The normalized spacial score (nSPS) is 11.2. The lowest BCUT2D eigenvalue weighted by molar-refractivity contribution is 0.100. The fraction of sp³-hybridized carbons (Fsp3) is 0.462. The molecule has 1 rings (SSSR count). The van der Waals surface area contributed by atoms with E-state index in [9.17, 15) is 4.79 Å². The lowest BCUT2D eigenvalue weighted by Gasteiger charge is -2.20. The number of carbonyl (C=O) groups is 1. The zero-order chi connectivity index (χ0) is 12.9. The molecule has 0 bridgehead atoms. The largest absolute Gasteiger partial charge is 0.384 e. The van der Waals surface area contributed by atoms with Crippen molar-refractivity contribution in [3.8, 4) is 0 Å². The van der Waals surface area contributed by atoms with E-state index in [1.165, 1.54) is 0 Å². The van der Waals surface area contributed by atoms with E-state index in [2.05, 4.69) is 31.4 Å². The molecule has 0 radical (unpaired) electrons. The predicted molar refractivity (Wildman–Crippen MR) is 71.2 cm³/mol.